The van der Waals surface area contributed by atoms with Crippen molar-refractivity contribution in [1.82, 2.24) is 0 Å². The summed E-state index contributed by atoms with van der Waals surface area (Å²) < 4.78 is 27.4. The molecule has 0 spiro atoms. The highest BCUT2D eigenvalue weighted by molar-refractivity contribution is 6.04. The van der Waals surface area contributed by atoms with E-state index in [-0.39, 0.29) is 11.7 Å². The molecule has 1 amide bonds. The zero-order valence-electron chi connectivity index (χ0n) is 18.9. The number of furan rings is 1. The normalized spacial score (nSPS) is 10.4. The number of nitrogens with one attached hydrogen (secondary N) is 1. The zero-order valence-corrected chi connectivity index (χ0v) is 18.9. The Morgan fingerprint density at radius 1 is 0.906 bits per heavy atom. The van der Waals surface area contributed by atoms with Gasteiger partial charge in [-0.2, -0.15) is 0 Å². The third kappa shape index (κ3) is 5.08. The number of ether oxygens (including phenoxy) is 4. The molecule has 0 aliphatic heterocycles. The van der Waals surface area contributed by atoms with Gasteiger partial charge >= 0.3 is 0 Å². The van der Waals surface area contributed by atoms with E-state index >= 15 is 0 Å². The van der Waals surface area contributed by atoms with Gasteiger partial charge in [0.25, 0.3) is 11.9 Å². The highest BCUT2D eigenvalue weighted by Gasteiger charge is 2.19. The maximum atomic E-state index is 12.8. The van der Waals surface area contributed by atoms with E-state index in [9.17, 15) is 4.79 Å². The Hall–Kier alpha value is -3.81. The van der Waals surface area contributed by atoms with Gasteiger partial charge < -0.3 is 33.6 Å². The topological polar surface area (TPSA) is 82.4 Å². The summed E-state index contributed by atoms with van der Waals surface area (Å²) in [6, 6.07) is 14.2. The van der Waals surface area contributed by atoms with Crippen molar-refractivity contribution in [3.63, 3.8) is 0 Å². The minimum absolute atomic E-state index is 0.0832. The van der Waals surface area contributed by atoms with Crippen LogP contribution < -0.4 is 29.2 Å². The SMILES string of the molecule is CCN(CC)c1cccc(Oc2ccc(C(=O)Nc3c(OC)cc(OC)cc3OC)o2)c1. The maximum absolute atomic E-state index is 12.8. The lowest BCUT2D eigenvalue weighted by Crippen LogP contribution is -2.21. The Bertz CT molecular complexity index is 1030. The summed E-state index contributed by atoms with van der Waals surface area (Å²) in [7, 11) is 4.53. The molecule has 0 aliphatic rings. The summed E-state index contributed by atoms with van der Waals surface area (Å²) in [5.74, 6) is 1.77. The van der Waals surface area contributed by atoms with Gasteiger partial charge in [0.15, 0.2) is 5.76 Å². The number of rotatable bonds is 10. The first-order valence-corrected chi connectivity index (χ1v) is 10.3. The van der Waals surface area contributed by atoms with E-state index in [2.05, 4.69) is 24.1 Å². The fraction of sp³-hybridized carbons (Fsp3) is 0.292. The molecule has 2 aromatic carbocycles. The van der Waals surface area contributed by atoms with Crippen molar-refractivity contribution in [2.24, 2.45) is 0 Å². The third-order valence-electron chi connectivity index (χ3n) is 4.92. The van der Waals surface area contributed by atoms with Gasteiger partial charge in [-0.15, -0.1) is 0 Å². The average Bonchev–Trinajstić information content (AvgIpc) is 3.28. The first kappa shape index (κ1) is 22.9. The van der Waals surface area contributed by atoms with Crippen LogP contribution in [0.4, 0.5) is 11.4 Å². The number of carbonyl (C=O) groups is 1. The molecule has 8 heteroatoms. The summed E-state index contributed by atoms with van der Waals surface area (Å²) in [6.45, 7) is 5.98. The van der Waals surface area contributed by atoms with Crippen molar-refractivity contribution >= 4 is 17.3 Å². The van der Waals surface area contributed by atoms with Crippen LogP contribution in [0, 0.1) is 0 Å². The molecular formula is C24H28N2O6. The molecule has 32 heavy (non-hydrogen) atoms. The number of anilines is 2. The molecule has 0 saturated heterocycles. The second-order valence-corrected chi connectivity index (χ2v) is 6.75. The Labute approximate surface area is 187 Å². The first-order valence-electron chi connectivity index (χ1n) is 10.3. The fourth-order valence-corrected chi connectivity index (χ4v) is 3.25. The molecule has 0 atom stereocenters. The van der Waals surface area contributed by atoms with Gasteiger partial charge in [0.1, 0.15) is 28.7 Å². The Kier molecular flexibility index (Phi) is 7.49. The number of carbonyl (C=O) groups excluding carboxylic acids is 1. The average molecular weight is 440 g/mol. The molecule has 3 rings (SSSR count). The van der Waals surface area contributed by atoms with E-state index in [1.165, 1.54) is 21.3 Å². The predicted octanol–water partition coefficient (Wildman–Crippen LogP) is 5.20. The van der Waals surface area contributed by atoms with E-state index in [1.54, 1.807) is 24.3 Å². The van der Waals surface area contributed by atoms with E-state index in [4.69, 9.17) is 23.4 Å². The highest BCUT2D eigenvalue weighted by Crippen LogP contribution is 2.39. The van der Waals surface area contributed by atoms with E-state index in [1.807, 2.05) is 24.3 Å². The highest BCUT2D eigenvalue weighted by atomic mass is 16.6. The standard InChI is InChI=1S/C24H28N2O6/c1-6-26(7-2)16-9-8-10-17(13-16)31-22-12-11-19(32-22)24(27)25-23-20(29-4)14-18(28-3)15-21(23)30-5/h8-15H,6-7H2,1-5H3,(H,25,27). The molecule has 3 aromatic rings. The lowest BCUT2D eigenvalue weighted by molar-refractivity contribution is 0.0991. The molecule has 1 aromatic heterocycles. The quantitative estimate of drug-likeness (QED) is 0.464. The van der Waals surface area contributed by atoms with Gasteiger partial charge in [-0.1, -0.05) is 6.07 Å². The smallest absolute Gasteiger partial charge is 0.291 e. The summed E-state index contributed by atoms with van der Waals surface area (Å²) >= 11 is 0. The number of benzene rings is 2. The van der Waals surface area contributed by atoms with Crippen LogP contribution in [0.15, 0.2) is 52.9 Å². The van der Waals surface area contributed by atoms with Crippen LogP contribution in [0.3, 0.4) is 0 Å². The van der Waals surface area contributed by atoms with Gasteiger partial charge in [0.05, 0.1) is 21.3 Å². The van der Waals surface area contributed by atoms with Crippen molar-refractivity contribution in [3.8, 4) is 28.9 Å². The molecule has 1 N–H and O–H groups in total. The van der Waals surface area contributed by atoms with Crippen molar-refractivity contribution in [3.05, 3.63) is 54.3 Å². The number of nitrogens with zero attached hydrogens (tertiary/aromatic N) is 1. The van der Waals surface area contributed by atoms with Gasteiger partial charge in [0.2, 0.25) is 0 Å². The van der Waals surface area contributed by atoms with Crippen molar-refractivity contribution in [2.75, 3.05) is 44.6 Å². The minimum atomic E-state index is -0.474. The molecular weight excluding hydrogens is 412 g/mol. The second kappa shape index (κ2) is 10.5. The van der Waals surface area contributed by atoms with E-state index in [0.717, 1.165) is 18.8 Å². The molecule has 0 fully saturated rings. The van der Waals surface area contributed by atoms with Gasteiger partial charge in [0, 0.05) is 43.0 Å². The molecule has 0 saturated carbocycles. The maximum Gasteiger partial charge on any atom is 0.291 e. The van der Waals surface area contributed by atoms with Crippen LogP contribution in [0.5, 0.6) is 28.9 Å². The number of methoxy groups -OCH3 is 3. The molecule has 0 unspecified atom stereocenters. The molecule has 1 heterocycles. The third-order valence-corrected chi connectivity index (χ3v) is 4.92. The van der Waals surface area contributed by atoms with Crippen LogP contribution in [-0.2, 0) is 0 Å². The van der Waals surface area contributed by atoms with Crippen molar-refractivity contribution < 1.29 is 28.2 Å². The van der Waals surface area contributed by atoms with Crippen LogP contribution >= 0.6 is 0 Å². The number of hydrogen-bond acceptors (Lipinski definition) is 7. The van der Waals surface area contributed by atoms with Gasteiger partial charge in [-0.25, -0.2) is 0 Å². The zero-order chi connectivity index (χ0) is 23.1. The monoisotopic (exact) mass is 440 g/mol. The summed E-state index contributed by atoms with van der Waals surface area (Å²) in [4.78, 5) is 15.0. The fourth-order valence-electron chi connectivity index (χ4n) is 3.25. The Balaban J connectivity index is 1.77. The lowest BCUT2D eigenvalue weighted by Gasteiger charge is -2.21. The van der Waals surface area contributed by atoms with Gasteiger partial charge in [-0.3, -0.25) is 4.79 Å². The Morgan fingerprint density at radius 3 is 2.19 bits per heavy atom. The minimum Gasteiger partial charge on any atom is -0.496 e. The van der Waals surface area contributed by atoms with Crippen LogP contribution in [-0.4, -0.2) is 40.3 Å². The van der Waals surface area contributed by atoms with Crippen LogP contribution in [0.2, 0.25) is 0 Å². The number of hydrogen-bond donors (Lipinski definition) is 1. The van der Waals surface area contributed by atoms with Crippen molar-refractivity contribution in [1.29, 1.82) is 0 Å². The molecule has 0 radical (unpaired) electrons. The predicted molar refractivity (Wildman–Crippen MR) is 123 cm³/mol. The van der Waals surface area contributed by atoms with E-state index in [0.29, 0.717) is 28.7 Å². The van der Waals surface area contributed by atoms with Crippen LogP contribution in [0.25, 0.3) is 0 Å². The summed E-state index contributed by atoms with van der Waals surface area (Å²) in [6.07, 6.45) is 0. The summed E-state index contributed by atoms with van der Waals surface area (Å²) in [5.41, 5.74) is 1.42. The largest absolute Gasteiger partial charge is 0.496 e. The number of amides is 1. The van der Waals surface area contributed by atoms with Gasteiger partial charge in [-0.05, 0) is 32.0 Å². The van der Waals surface area contributed by atoms with E-state index < -0.39 is 5.91 Å². The molecule has 170 valence electrons. The Morgan fingerprint density at radius 2 is 1.59 bits per heavy atom. The lowest BCUT2D eigenvalue weighted by atomic mass is 10.2. The molecule has 8 nitrogen and oxygen atoms in total. The first-order chi connectivity index (χ1) is 15.5. The van der Waals surface area contributed by atoms with Crippen molar-refractivity contribution in [2.45, 2.75) is 13.8 Å². The summed E-state index contributed by atoms with van der Waals surface area (Å²) in [5, 5.41) is 2.76. The van der Waals surface area contributed by atoms with Crippen LogP contribution in [0.1, 0.15) is 24.4 Å². The molecule has 0 bridgehead atoms. The molecule has 0 aliphatic carbocycles. The second-order valence-electron chi connectivity index (χ2n) is 6.75.